The molecule has 1 unspecified atom stereocenters. The van der Waals surface area contributed by atoms with E-state index in [1.807, 2.05) is 0 Å². The number of benzene rings is 1. The molecular weight excluding hydrogens is 227 g/mol. The molecule has 86 valence electrons. The minimum Gasteiger partial charge on any atom is -0.406 e. The van der Waals surface area contributed by atoms with E-state index in [1.165, 1.54) is 6.07 Å². The Morgan fingerprint density at radius 1 is 1.38 bits per heavy atom. The van der Waals surface area contributed by atoms with E-state index < -0.39 is 24.1 Å². The van der Waals surface area contributed by atoms with Gasteiger partial charge in [-0.1, -0.05) is 0 Å². The SMILES string of the molecule is O=C1c2cc(OC(F)(F)F)ccc2NC1O. The van der Waals surface area contributed by atoms with Crippen LogP contribution in [-0.2, 0) is 0 Å². The van der Waals surface area contributed by atoms with Crippen LogP contribution < -0.4 is 10.1 Å². The standard InChI is InChI=1S/C9H6F3NO3/c10-9(11,12)16-4-1-2-6-5(3-4)7(14)8(15)13-6/h1-3,8,13,15H. The first-order chi connectivity index (χ1) is 7.37. The van der Waals surface area contributed by atoms with E-state index >= 15 is 0 Å². The summed E-state index contributed by atoms with van der Waals surface area (Å²) >= 11 is 0. The Labute approximate surface area is 87.6 Å². The molecule has 0 saturated heterocycles. The van der Waals surface area contributed by atoms with Gasteiger partial charge in [0, 0.05) is 11.3 Å². The molecule has 0 saturated carbocycles. The van der Waals surface area contributed by atoms with E-state index in [0.717, 1.165) is 12.1 Å². The lowest BCUT2D eigenvalue weighted by molar-refractivity contribution is -0.274. The summed E-state index contributed by atoms with van der Waals surface area (Å²) in [6.07, 6.45) is -6.21. The lowest BCUT2D eigenvalue weighted by Crippen LogP contribution is -2.20. The van der Waals surface area contributed by atoms with Gasteiger partial charge in [0.05, 0.1) is 0 Å². The largest absolute Gasteiger partial charge is 0.573 e. The van der Waals surface area contributed by atoms with Crippen LogP contribution in [0.1, 0.15) is 10.4 Å². The summed E-state index contributed by atoms with van der Waals surface area (Å²) in [6.45, 7) is 0. The zero-order chi connectivity index (χ0) is 11.9. The van der Waals surface area contributed by atoms with Gasteiger partial charge in [-0.05, 0) is 18.2 Å². The van der Waals surface area contributed by atoms with E-state index in [4.69, 9.17) is 5.11 Å². The summed E-state index contributed by atoms with van der Waals surface area (Å²) in [6, 6.07) is 3.24. The van der Waals surface area contributed by atoms with E-state index in [0.29, 0.717) is 0 Å². The topological polar surface area (TPSA) is 58.6 Å². The van der Waals surface area contributed by atoms with Crippen LogP contribution in [0.15, 0.2) is 18.2 Å². The van der Waals surface area contributed by atoms with Gasteiger partial charge in [-0.15, -0.1) is 13.2 Å². The fraction of sp³-hybridized carbons (Fsp3) is 0.222. The number of nitrogens with one attached hydrogen (secondary N) is 1. The third kappa shape index (κ3) is 1.94. The van der Waals surface area contributed by atoms with Crippen molar-refractivity contribution in [2.75, 3.05) is 5.32 Å². The number of carbonyl (C=O) groups is 1. The van der Waals surface area contributed by atoms with Gasteiger partial charge in [0.1, 0.15) is 5.75 Å². The average Bonchev–Trinajstić information content (AvgIpc) is 2.42. The quantitative estimate of drug-likeness (QED) is 0.771. The van der Waals surface area contributed by atoms with Crippen LogP contribution in [-0.4, -0.2) is 23.5 Å². The maximum Gasteiger partial charge on any atom is 0.573 e. The van der Waals surface area contributed by atoms with Gasteiger partial charge in [-0.2, -0.15) is 0 Å². The fourth-order valence-electron chi connectivity index (χ4n) is 1.41. The van der Waals surface area contributed by atoms with Gasteiger partial charge < -0.3 is 15.2 Å². The number of fused-ring (bicyclic) bond motifs is 1. The summed E-state index contributed by atoms with van der Waals surface area (Å²) in [7, 11) is 0. The molecule has 1 aliphatic rings. The van der Waals surface area contributed by atoms with Crippen LogP contribution in [0.25, 0.3) is 0 Å². The summed E-state index contributed by atoms with van der Waals surface area (Å²) in [5.41, 5.74) is 0.265. The maximum absolute atomic E-state index is 11.9. The lowest BCUT2D eigenvalue weighted by atomic mass is 10.1. The zero-order valence-electron chi connectivity index (χ0n) is 7.71. The molecule has 1 heterocycles. The number of anilines is 1. The highest BCUT2D eigenvalue weighted by atomic mass is 19.4. The van der Waals surface area contributed by atoms with E-state index in [2.05, 4.69) is 10.1 Å². The van der Waals surface area contributed by atoms with E-state index in [9.17, 15) is 18.0 Å². The van der Waals surface area contributed by atoms with Gasteiger partial charge >= 0.3 is 6.36 Å². The Morgan fingerprint density at radius 3 is 2.69 bits per heavy atom. The first-order valence-electron chi connectivity index (χ1n) is 4.25. The molecule has 16 heavy (non-hydrogen) atoms. The zero-order valence-corrected chi connectivity index (χ0v) is 7.71. The van der Waals surface area contributed by atoms with Crippen molar-refractivity contribution >= 4 is 11.5 Å². The molecule has 1 aromatic carbocycles. The van der Waals surface area contributed by atoms with Crippen LogP contribution in [0.5, 0.6) is 5.75 Å². The molecule has 0 aliphatic carbocycles. The van der Waals surface area contributed by atoms with E-state index in [-0.39, 0.29) is 11.3 Å². The molecule has 1 atom stereocenters. The molecule has 1 aromatic rings. The van der Waals surface area contributed by atoms with Gasteiger partial charge in [0.25, 0.3) is 0 Å². The Kier molecular flexibility index (Phi) is 2.27. The number of aliphatic hydroxyl groups is 1. The summed E-state index contributed by atoms with van der Waals surface area (Å²) in [5.74, 6) is -1.17. The third-order valence-electron chi connectivity index (χ3n) is 2.03. The Hall–Kier alpha value is -1.76. The molecule has 2 N–H and O–H groups in total. The lowest BCUT2D eigenvalue weighted by Gasteiger charge is -2.09. The number of Topliss-reactive ketones (excluding diaryl/α,β-unsaturated/α-hetero) is 1. The highest BCUT2D eigenvalue weighted by Gasteiger charge is 2.33. The first-order valence-corrected chi connectivity index (χ1v) is 4.25. The van der Waals surface area contributed by atoms with Crippen molar-refractivity contribution < 1.29 is 27.8 Å². The Bertz CT molecular complexity index is 444. The predicted molar refractivity (Wildman–Crippen MR) is 47.1 cm³/mol. The number of ketones is 1. The predicted octanol–water partition coefficient (Wildman–Crippen LogP) is 1.51. The average molecular weight is 233 g/mol. The number of carbonyl (C=O) groups excluding carboxylic acids is 1. The minimum absolute atomic E-state index is 0.0192. The Morgan fingerprint density at radius 2 is 2.06 bits per heavy atom. The van der Waals surface area contributed by atoms with Crippen molar-refractivity contribution in [2.24, 2.45) is 0 Å². The normalized spacial score (nSPS) is 19.2. The number of ether oxygens (including phenoxy) is 1. The van der Waals surface area contributed by atoms with Crippen LogP contribution in [0.2, 0.25) is 0 Å². The van der Waals surface area contributed by atoms with Gasteiger partial charge in [0.15, 0.2) is 6.23 Å². The second kappa shape index (κ2) is 3.38. The molecule has 1 aliphatic heterocycles. The second-order valence-corrected chi connectivity index (χ2v) is 3.17. The van der Waals surface area contributed by atoms with E-state index in [1.54, 1.807) is 0 Å². The van der Waals surface area contributed by atoms with Crippen LogP contribution in [0.3, 0.4) is 0 Å². The monoisotopic (exact) mass is 233 g/mol. The molecule has 0 radical (unpaired) electrons. The number of halogens is 3. The number of aliphatic hydroxyl groups excluding tert-OH is 1. The smallest absolute Gasteiger partial charge is 0.406 e. The number of alkyl halides is 3. The van der Waals surface area contributed by atoms with Crippen LogP contribution >= 0.6 is 0 Å². The molecule has 0 amide bonds. The molecular formula is C9H6F3NO3. The second-order valence-electron chi connectivity index (χ2n) is 3.17. The highest BCUT2D eigenvalue weighted by molar-refractivity contribution is 6.09. The van der Waals surface area contributed by atoms with Crippen molar-refractivity contribution in [3.63, 3.8) is 0 Å². The molecule has 4 nitrogen and oxygen atoms in total. The maximum atomic E-state index is 11.9. The van der Waals surface area contributed by atoms with Crippen LogP contribution in [0.4, 0.5) is 18.9 Å². The fourth-order valence-corrected chi connectivity index (χ4v) is 1.41. The number of hydrogen-bond donors (Lipinski definition) is 2. The highest BCUT2D eigenvalue weighted by Crippen LogP contribution is 2.31. The van der Waals surface area contributed by atoms with Gasteiger partial charge in [-0.25, -0.2) is 0 Å². The third-order valence-corrected chi connectivity index (χ3v) is 2.03. The Balaban J connectivity index is 2.31. The summed E-state index contributed by atoms with van der Waals surface area (Å²) < 4.78 is 39.3. The van der Waals surface area contributed by atoms with Crippen molar-refractivity contribution in [2.45, 2.75) is 12.6 Å². The van der Waals surface area contributed by atoms with Crippen molar-refractivity contribution in [1.29, 1.82) is 0 Å². The molecule has 0 spiro atoms. The van der Waals surface area contributed by atoms with Crippen LogP contribution in [0, 0.1) is 0 Å². The minimum atomic E-state index is -4.80. The molecule has 2 rings (SSSR count). The van der Waals surface area contributed by atoms with Gasteiger partial charge in [-0.3, -0.25) is 4.79 Å². The molecule has 7 heteroatoms. The number of rotatable bonds is 1. The first kappa shape index (κ1) is 10.7. The van der Waals surface area contributed by atoms with Crippen molar-refractivity contribution in [3.05, 3.63) is 23.8 Å². The molecule has 0 fully saturated rings. The molecule has 0 aromatic heterocycles. The van der Waals surface area contributed by atoms with Crippen molar-refractivity contribution in [3.8, 4) is 5.75 Å². The number of hydrogen-bond acceptors (Lipinski definition) is 4. The van der Waals surface area contributed by atoms with Crippen molar-refractivity contribution in [1.82, 2.24) is 0 Å². The summed E-state index contributed by atoms with van der Waals surface area (Å²) in [5, 5.41) is 11.5. The molecule has 0 bridgehead atoms. The van der Waals surface area contributed by atoms with Gasteiger partial charge in [0.2, 0.25) is 5.78 Å². The summed E-state index contributed by atoms with van der Waals surface area (Å²) in [4.78, 5) is 11.3.